The van der Waals surface area contributed by atoms with Crippen molar-refractivity contribution in [3.8, 4) is 0 Å². The molecule has 1 aromatic heterocycles. The number of benzene rings is 1. The van der Waals surface area contributed by atoms with E-state index in [1.54, 1.807) is 0 Å². The summed E-state index contributed by atoms with van der Waals surface area (Å²) < 4.78 is 4.50. The Labute approximate surface area is 114 Å². The van der Waals surface area contributed by atoms with Gasteiger partial charge >= 0.3 is 0 Å². The van der Waals surface area contributed by atoms with Gasteiger partial charge in [0, 0.05) is 10.6 Å². The first-order chi connectivity index (χ1) is 8.55. The van der Waals surface area contributed by atoms with Crippen LogP contribution in [0.25, 0.3) is 0 Å². The van der Waals surface area contributed by atoms with E-state index in [1.165, 1.54) is 4.90 Å². The Morgan fingerprint density at radius 1 is 1.17 bits per heavy atom. The predicted octanol–water partition coefficient (Wildman–Crippen LogP) is 3.32. The van der Waals surface area contributed by atoms with E-state index >= 15 is 0 Å². The summed E-state index contributed by atoms with van der Waals surface area (Å²) in [7, 11) is 0. The van der Waals surface area contributed by atoms with Crippen molar-refractivity contribution in [1.82, 2.24) is 4.57 Å². The SMILES string of the molecule is CC(C)(C)n1cc[n+](CCSc2ccccc2)c1. The minimum absolute atomic E-state index is 0.165. The van der Waals surface area contributed by atoms with Crippen LogP contribution in [0.4, 0.5) is 0 Å². The normalized spacial score (nSPS) is 11.7. The highest BCUT2D eigenvalue weighted by Gasteiger charge is 2.18. The van der Waals surface area contributed by atoms with Crippen LogP contribution < -0.4 is 4.57 Å². The second-order valence-electron chi connectivity index (χ2n) is 5.39. The summed E-state index contributed by atoms with van der Waals surface area (Å²) in [6.07, 6.45) is 6.48. The molecule has 0 aliphatic rings. The van der Waals surface area contributed by atoms with Crippen molar-refractivity contribution in [2.75, 3.05) is 5.75 Å². The van der Waals surface area contributed by atoms with Crippen LogP contribution in [0, 0.1) is 0 Å². The zero-order valence-electron chi connectivity index (χ0n) is 11.3. The lowest BCUT2D eigenvalue weighted by atomic mass is 10.1. The molecule has 2 rings (SSSR count). The molecular formula is C15H21N2S+. The van der Waals surface area contributed by atoms with Gasteiger partial charge in [-0.05, 0) is 32.9 Å². The lowest BCUT2D eigenvalue weighted by Gasteiger charge is -2.13. The molecule has 0 amide bonds. The molecule has 0 fully saturated rings. The molecule has 1 aromatic carbocycles. The van der Waals surface area contributed by atoms with E-state index in [0.717, 1.165) is 12.3 Å². The van der Waals surface area contributed by atoms with Gasteiger partial charge in [0.05, 0.1) is 6.54 Å². The molecule has 0 radical (unpaired) electrons. The number of thioether (sulfide) groups is 1. The lowest BCUT2D eigenvalue weighted by molar-refractivity contribution is -0.692. The van der Waals surface area contributed by atoms with Gasteiger partial charge in [-0.3, -0.25) is 0 Å². The molecule has 1 heterocycles. The van der Waals surface area contributed by atoms with Crippen molar-refractivity contribution >= 4 is 11.8 Å². The monoisotopic (exact) mass is 261 g/mol. The number of aromatic nitrogens is 2. The number of hydrogen-bond donors (Lipinski definition) is 0. The number of hydrogen-bond acceptors (Lipinski definition) is 1. The van der Waals surface area contributed by atoms with Crippen molar-refractivity contribution in [3.63, 3.8) is 0 Å². The predicted molar refractivity (Wildman–Crippen MR) is 76.8 cm³/mol. The van der Waals surface area contributed by atoms with Crippen LogP contribution in [0.15, 0.2) is 53.9 Å². The topological polar surface area (TPSA) is 8.81 Å². The van der Waals surface area contributed by atoms with Crippen LogP contribution >= 0.6 is 11.8 Å². The number of rotatable bonds is 4. The summed E-state index contributed by atoms with van der Waals surface area (Å²) in [6, 6.07) is 10.6. The molecule has 0 aliphatic heterocycles. The summed E-state index contributed by atoms with van der Waals surface area (Å²) in [5.74, 6) is 1.10. The molecule has 3 heteroatoms. The molecule has 0 atom stereocenters. The molecule has 2 nitrogen and oxygen atoms in total. The molecule has 0 saturated carbocycles. The molecule has 96 valence electrons. The largest absolute Gasteiger partial charge is 0.244 e. The van der Waals surface area contributed by atoms with Crippen LogP contribution in [-0.4, -0.2) is 10.3 Å². The van der Waals surface area contributed by atoms with E-state index in [2.05, 4.69) is 79.0 Å². The van der Waals surface area contributed by atoms with Crippen molar-refractivity contribution in [2.24, 2.45) is 0 Å². The fraction of sp³-hybridized carbons (Fsp3) is 0.400. The summed E-state index contributed by atoms with van der Waals surface area (Å²) in [6.45, 7) is 7.70. The molecule has 0 spiro atoms. The maximum Gasteiger partial charge on any atom is 0.244 e. The van der Waals surface area contributed by atoms with Crippen molar-refractivity contribution in [1.29, 1.82) is 0 Å². The van der Waals surface area contributed by atoms with E-state index < -0.39 is 0 Å². The van der Waals surface area contributed by atoms with Crippen LogP contribution in [0.5, 0.6) is 0 Å². The van der Waals surface area contributed by atoms with Gasteiger partial charge in [0.2, 0.25) is 6.33 Å². The molecular weight excluding hydrogens is 240 g/mol. The highest BCUT2D eigenvalue weighted by Crippen LogP contribution is 2.16. The van der Waals surface area contributed by atoms with E-state index in [9.17, 15) is 0 Å². The first-order valence-electron chi connectivity index (χ1n) is 6.31. The Kier molecular flexibility index (Phi) is 4.12. The maximum atomic E-state index is 2.25. The summed E-state index contributed by atoms with van der Waals surface area (Å²) in [4.78, 5) is 1.34. The highest BCUT2D eigenvalue weighted by atomic mass is 32.2. The Morgan fingerprint density at radius 2 is 1.89 bits per heavy atom. The zero-order valence-corrected chi connectivity index (χ0v) is 12.2. The average molecular weight is 261 g/mol. The standard InChI is InChI=1S/C15H21N2S/c1-15(2,3)17-10-9-16(13-17)11-12-18-14-7-5-4-6-8-14/h4-10,13H,11-12H2,1-3H3/q+1. The summed E-state index contributed by atoms with van der Waals surface area (Å²) in [5.41, 5.74) is 0.165. The molecule has 18 heavy (non-hydrogen) atoms. The van der Waals surface area contributed by atoms with Gasteiger partial charge in [-0.15, -0.1) is 11.8 Å². The van der Waals surface area contributed by atoms with Crippen LogP contribution in [0.1, 0.15) is 20.8 Å². The van der Waals surface area contributed by atoms with Crippen molar-refractivity contribution < 1.29 is 4.57 Å². The van der Waals surface area contributed by atoms with E-state index in [4.69, 9.17) is 0 Å². The van der Waals surface area contributed by atoms with E-state index in [0.29, 0.717) is 0 Å². The third kappa shape index (κ3) is 3.64. The average Bonchev–Trinajstić information content (AvgIpc) is 2.79. The Bertz CT molecular complexity index is 483. The fourth-order valence-corrected chi connectivity index (χ4v) is 2.60. The molecule has 2 aromatic rings. The molecule has 0 bridgehead atoms. The van der Waals surface area contributed by atoms with Crippen LogP contribution in [-0.2, 0) is 12.1 Å². The van der Waals surface area contributed by atoms with Gasteiger partial charge in [-0.25, -0.2) is 9.13 Å². The maximum absolute atomic E-state index is 2.25. The first kappa shape index (κ1) is 13.2. The van der Waals surface area contributed by atoms with Gasteiger partial charge in [0.1, 0.15) is 17.9 Å². The quantitative estimate of drug-likeness (QED) is 0.606. The van der Waals surface area contributed by atoms with Gasteiger partial charge in [-0.2, -0.15) is 0 Å². The van der Waals surface area contributed by atoms with E-state index in [-0.39, 0.29) is 5.54 Å². The number of imidazole rings is 1. The summed E-state index contributed by atoms with van der Waals surface area (Å²) in [5, 5.41) is 0. The van der Waals surface area contributed by atoms with Gasteiger partial charge in [-0.1, -0.05) is 18.2 Å². The number of nitrogens with zero attached hydrogens (tertiary/aromatic N) is 2. The van der Waals surface area contributed by atoms with Crippen molar-refractivity contribution in [2.45, 2.75) is 37.8 Å². The van der Waals surface area contributed by atoms with Crippen LogP contribution in [0.3, 0.4) is 0 Å². The minimum Gasteiger partial charge on any atom is -0.236 e. The molecule has 0 N–H and O–H groups in total. The summed E-state index contributed by atoms with van der Waals surface area (Å²) >= 11 is 1.90. The molecule has 0 saturated heterocycles. The molecule has 0 unspecified atom stereocenters. The Hall–Kier alpha value is -1.22. The Balaban J connectivity index is 1.86. The van der Waals surface area contributed by atoms with E-state index in [1.807, 2.05) is 11.8 Å². The zero-order chi connectivity index (χ0) is 13.0. The second kappa shape index (κ2) is 5.61. The second-order valence-corrected chi connectivity index (χ2v) is 6.56. The number of aryl methyl sites for hydroxylation is 1. The smallest absolute Gasteiger partial charge is 0.236 e. The third-order valence-electron chi connectivity index (χ3n) is 2.83. The van der Waals surface area contributed by atoms with Crippen LogP contribution in [0.2, 0.25) is 0 Å². The third-order valence-corrected chi connectivity index (χ3v) is 3.82. The fourth-order valence-electron chi connectivity index (χ4n) is 1.71. The molecule has 0 aliphatic carbocycles. The van der Waals surface area contributed by atoms with Gasteiger partial charge in [0.25, 0.3) is 0 Å². The lowest BCUT2D eigenvalue weighted by Crippen LogP contribution is -2.33. The van der Waals surface area contributed by atoms with Gasteiger partial charge < -0.3 is 0 Å². The Morgan fingerprint density at radius 3 is 2.50 bits per heavy atom. The van der Waals surface area contributed by atoms with Crippen molar-refractivity contribution in [3.05, 3.63) is 49.1 Å². The minimum atomic E-state index is 0.165. The first-order valence-corrected chi connectivity index (χ1v) is 7.30. The highest BCUT2D eigenvalue weighted by molar-refractivity contribution is 7.99. The van der Waals surface area contributed by atoms with Gasteiger partial charge in [0.15, 0.2) is 0 Å².